The fourth-order valence-electron chi connectivity index (χ4n) is 2.07. The lowest BCUT2D eigenvalue weighted by molar-refractivity contribution is -0.137. The maximum absolute atomic E-state index is 12.5. The molecule has 0 radical (unpaired) electrons. The summed E-state index contributed by atoms with van der Waals surface area (Å²) in [6.07, 6.45) is -4.42. The number of benzene rings is 2. The van der Waals surface area contributed by atoms with Crippen LogP contribution in [0.15, 0.2) is 36.4 Å². The Balaban J connectivity index is 2.23. The van der Waals surface area contributed by atoms with Crippen LogP contribution in [0.4, 0.5) is 18.9 Å². The minimum absolute atomic E-state index is 0.129. The minimum atomic E-state index is -4.42. The highest BCUT2D eigenvalue weighted by Gasteiger charge is 2.30. The Bertz CT molecular complexity index is 685. The van der Waals surface area contributed by atoms with Crippen LogP contribution < -0.4 is 5.32 Å². The molecule has 0 fully saturated rings. The zero-order valence-corrected chi connectivity index (χ0v) is 12.6. The highest BCUT2D eigenvalue weighted by atomic mass is 35.5. The predicted octanol–water partition coefficient (Wildman–Crippen LogP) is 5.23. The van der Waals surface area contributed by atoms with Crippen LogP contribution in [-0.2, 0) is 6.18 Å². The first-order valence-electron chi connectivity index (χ1n) is 6.44. The van der Waals surface area contributed by atoms with Gasteiger partial charge in [0, 0.05) is 5.56 Å². The number of amides is 1. The van der Waals surface area contributed by atoms with Gasteiger partial charge in [-0.15, -0.1) is 0 Å². The first-order chi connectivity index (χ1) is 10.2. The summed E-state index contributed by atoms with van der Waals surface area (Å²) in [5.41, 5.74) is 1.52. The van der Waals surface area contributed by atoms with Gasteiger partial charge in [-0.3, -0.25) is 4.79 Å². The largest absolute Gasteiger partial charge is 0.416 e. The Morgan fingerprint density at radius 2 is 1.68 bits per heavy atom. The lowest BCUT2D eigenvalue weighted by Crippen LogP contribution is -2.14. The van der Waals surface area contributed by atoms with Gasteiger partial charge in [-0.25, -0.2) is 0 Å². The molecule has 2 rings (SSSR count). The number of carbonyl (C=O) groups is 1. The molecule has 6 heteroatoms. The Morgan fingerprint density at radius 1 is 1.09 bits per heavy atom. The number of carbonyl (C=O) groups excluding carboxylic acids is 1. The quantitative estimate of drug-likeness (QED) is 0.804. The van der Waals surface area contributed by atoms with Crippen molar-refractivity contribution >= 4 is 23.2 Å². The van der Waals surface area contributed by atoms with Gasteiger partial charge in [0.1, 0.15) is 0 Å². The number of alkyl halides is 3. The SMILES string of the molecule is Cc1cc(C)c(NC(=O)c2ccc(C(F)(F)F)cc2)c(Cl)c1. The van der Waals surface area contributed by atoms with E-state index in [4.69, 9.17) is 11.6 Å². The maximum Gasteiger partial charge on any atom is 0.416 e. The highest BCUT2D eigenvalue weighted by Crippen LogP contribution is 2.30. The normalized spacial score (nSPS) is 11.4. The Kier molecular flexibility index (Phi) is 4.47. The second kappa shape index (κ2) is 6.01. The van der Waals surface area contributed by atoms with Crippen molar-refractivity contribution in [2.75, 3.05) is 5.32 Å². The predicted molar refractivity (Wildman–Crippen MR) is 80.3 cm³/mol. The van der Waals surface area contributed by atoms with Crippen molar-refractivity contribution in [2.45, 2.75) is 20.0 Å². The summed E-state index contributed by atoms with van der Waals surface area (Å²) in [6, 6.07) is 7.58. The smallest absolute Gasteiger partial charge is 0.320 e. The van der Waals surface area contributed by atoms with Gasteiger partial charge >= 0.3 is 6.18 Å². The molecule has 1 N–H and O–H groups in total. The molecule has 0 atom stereocenters. The van der Waals surface area contributed by atoms with Crippen molar-refractivity contribution in [3.8, 4) is 0 Å². The molecular formula is C16H13ClF3NO. The molecule has 0 aromatic heterocycles. The molecule has 0 bridgehead atoms. The number of rotatable bonds is 2. The van der Waals surface area contributed by atoms with Crippen molar-refractivity contribution < 1.29 is 18.0 Å². The molecule has 0 aliphatic heterocycles. The van der Waals surface area contributed by atoms with E-state index in [0.29, 0.717) is 10.7 Å². The molecule has 2 nitrogen and oxygen atoms in total. The van der Waals surface area contributed by atoms with Gasteiger partial charge in [-0.05, 0) is 55.3 Å². The van der Waals surface area contributed by atoms with Crippen molar-refractivity contribution in [1.82, 2.24) is 0 Å². The summed E-state index contributed by atoms with van der Waals surface area (Å²) in [5, 5.41) is 3.01. The van der Waals surface area contributed by atoms with E-state index in [-0.39, 0.29) is 5.56 Å². The van der Waals surface area contributed by atoms with E-state index in [1.807, 2.05) is 13.0 Å². The van der Waals surface area contributed by atoms with E-state index in [2.05, 4.69) is 5.32 Å². The van der Waals surface area contributed by atoms with Gasteiger partial charge in [0.15, 0.2) is 0 Å². The lowest BCUT2D eigenvalue weighted by Gasteiger charge is -2.12. The van der Waals surface area contributed by atoms with Gasteiger partial charge in [0.25, 0.3) is 5.91 Å². The summed E-state index contributed by atoms with van der Waals surface area (Å²) < 4.78 is 37.5. The zero-order valence-electron chi connectivity index (χ0n) is 11.9. The Morgan fingerprint density at radius 3 is 2.18 bits per heavy atom. The summed E-state index contributed by atoms with van der Waals surface area (Å²) in [5.74, 6) is -0.512. The highest BCUT2D eigenvalue weighted by molar-refractivity contribution is 6.34. The summed E-state index contributed by atoms with van der Waals surface area (Å²) >= 11 is 6.09. The molecule has 0 aliphatic carbocycles. The van der Waals surface area contributed by atoms with E-state index in [1.165, 1.54) is 0 Å². The molecule has 0 saturated heterocycles. The average Bonchev–Trinajstić information content (AvgIpc) is 2.41. The zero-order chi connectivity index (χ0) is 16.5. The fraction of sp³-hybridized carbons (Fsp3) is 0.188. The van der Waals surface area contributed by atoms with Crippen molar-refractivity contribution in [3.63, 3.8) is 0 Å². The molecule has 0 aliphatic rings. The van der Waals surface area contributed by atoms with Crippen molar-refractivity contribution in [3.05, 3.63) is 63.7 Å². The van der Waals surface area contributed by atoms with Crippen LogP contribution in [0.5, 0.6) is 0 Å². The molecule has 116 valence electrons. The van der Waals surface area contributed by atoms with Crippen LogP contribution in [0.1, 0.15) is 27.0 Å². The summed E-state index contributed by atoms with van der Waals surface area (Å²) in [4.78, 5) is 12.1. The monoisotopic (exact) mass is 327 g/mol. The molecule has 0 spiro atoms. The van der Waals surface area contributed by atoms with Crippen LogP contribution in [0.2, 0.25) is 5.02 Å². The molecule has 22 heavy (non-hydrogen) atoms. The second-order valence-corrected chi connectivity index (χ2v) is 5.38. The van der Waals surface area contributed by atoms with Gasteiger partial charge in [-0.2, -0.15) is 13.2 Å². The topological polar surface area (TPSA) is 29.1 Å². The molecule has 2 aromatic rings. The average molecular weight is 328 g/mol. The van der Waals surface area contributed by atoms with Crippen molar-refractivity contribution in [2.24, 2.45) is 0 Å². The van der Waals surface area contributed by atoms with Crippen LogP contribution in [0.25, 0.3) is 0 Å². The van der Waals surface area contributed by atoms with E-state index < -0.39 is 17.6 Å². The van der Waals surface area contributed by atoms with E-state index in [9.17, 15) is 18.0 Å². The number of anilines is 1. The molecular weight excluding hydrogens is 315 g/mol. The Labute approximate surface area is 130 Å². The first-order valence-corrected chi connectivity index (χ1v) is 6.81. The maximum atomic E-state index is 12.5. The fourth-order valence-corrected chi connectivity index (χ4v) is 2.44. The lowest BCUT2D eigenvalue weighted by atomic mass is 10.1. The number of halogens is 4. The minimum Gasteiger partial charge on any atom is -0.320 e. The third-order valence-electron chi connectivity index (χ3n) is 3.14. The molecule has 0 heterocycles. The van der Waals surface area contributed by atoms with E-state index in [0.717, 1.165) is 35.4 Å². The third kappa shape index (κ3) is 3.60. The molecule has 0 unspecified atom stereocenters. The number of aryl methyl sites for hydroxylation is 2. The number of hydrogen-bond donors (Lipinski definition) is 1. The van der Waals surface area contributed by atoms with Gasteiger partial charge < -0.3 is 5.32 Å². The Hall–Kier alpha value is -2.01. The van der Waals surface area contributed by atoms with Crippen molar-refractivity contribution in [1.29, 1.82) is 0 Å². The number of hydrogen-bond acceptors (Lipinski definition) is 1. The van der Waals surface area contributed by atoms with Crippen LogP contribution in [0.3, 0.4) is 0 Å². The van der Waals surface area contributed by atoms with Gasteiger partial charge in [-0.1, -0.05) is 17.7 Å². The standard InChI is InChI=1S/C16H13ClF3NO/c1-9-7-10(2)14(13(17)8-9)21-15(22)11-3-5-12(6-4-11)16(18,19)20/h3-8H,1-2H3,(H,21,22). The van der Waals surface area contributed by atoms with Crippen LogP contribution in [0, 0.1) is 13.8 Å². The van der Waals surface area contributed by atoms with Crippen LogP contribution >= 0.6 is 11.6 Å². The van der Waals surface area contributed by atoms with Gasteiger partial charge in [0.05, 0.1) is 16.3 Å². The third-order valence-corrected chi connectivity index (χ3v) is 3.44. The second-order valence-electron chi connectivity index (χ2n) is 4.97. The van der Waals surface area contributed by atoms with E-state index >= 15 is 0 Å². The molecule has 1 amide bonds. The first kappa shape index (κ1) is 16.4. The van der Waals surface area contributed by atoms with E-state index in [1.54, 1.807) is 13.0 Å². The number of nitrogens with one attached hydrogen (secondary N) is 1. The summed E-state index contributed by atoms with van der Waals surface area (Å²) in [6.45, 7) is 3.67. The summed E-state index contributed by atoms with van der Waals surface area (Å²) in [7, 11) is 0. The molecule has 2 aromatic carbocycles. The van der Waals surface area contributed by atoms with Crippen LogP contribution in [-0.4, -0.2) is 5.91 Å². The van der Waals surface area contributed by atoms with Gasteiger partial charge in [0.2, 0.25) is 0 Å². The molecule has 0 saturated carbocycles.